The van der Waals surface area contributed by atoms with E-state index in [0.29, 0.717) is 26.0 Å². The van der Waals surface area contributed by atoms with Crippen LogP contribution < -0.4 is 10.6 Å². The lowest BCUT2D eigenvalue weighted by atomic mass is 9.94. The summed E-state index contributed by atoms with van der Waals surface area (Å²) in [6.07, 6.45) is 16.2. The number of allylic oxidation sites excluding steroid dienone is 3. The molecule has 2 N–H and O–H groups in total. The van der Waals surface area contributed by atoms with Gasteiger partial charge in [-0.05, 0) is 72.1 Å². The third-order valence-electron chi connectivity index (χ3n) is 7.96. The molecular weight excluding hydrogens is 520 g/mol. The van der Waals surface area contributed by atoms with Crippen molar-refractivity contribution in [1.29, 1.82) is 0 Å². The van der Waals surface area contributed by atoms with Crippen molar-refractivity contribution in [1.82, 2.24) is 15.5 Å². The lowest BCUT2D eigenvalue weighted by molar-refractivity contribution is -0.140. The Bertz CT molecular complexity index is 970. The van der Waals surface area contributed by atoms with Crippen molar-refractivity contribution in [3.8, 4) is 0 Å². The summed E-state index contributed by atoms with van der Waals surface area (Å²) >= 11 is 0. The summed E-state index contributed by atoms with van der Waals surface area (Å²) in [6.45, 7) is 10.7. The van der Waals surface area contributed by atoms with Crippen LogP contribution in [0.4, 0.5) is 4.79 Å². The first-order chi connectivity index (χ1) is 19.6. The average Bonchev–Trinajstić information content (AvgIpc) is 3.33. The van der Waals surface area contributed by atoms with E-state index in [2.05, 4.69) is 41.5 Å². The van der Waals surface area contributed by atoms with Gasteiger partial charge in [-0.1, -0.05) is 45.3 Å². The van der Waals surface area contributed by atoms with Crippen molar-refractivity contribution >= 4 is 18.0 Å². The molecule has 232 valence electrons. The van der Waals surface area contributed by atoms with Crippen LogP contribution >= 0.6 is 0 Å². The van der Waals surface area contributed by atoms with E-state index in [1.54, 1.807) is 7.11 Å². The summed E-state index contributed by atoms with van der Waals surface area (Å²) in [6, 6.07) is 0.260. The molecule has 0 aromatic heterocycles. The maximum atomic E-state index is 13.5. The fourth-order valence-electron chi connectivity index (χ4n) is 5.93. The molecule has 3 heterocycles. The molecule has 0 bridgehead atoms. The van der Waals surface area contributed by atoms with Crippen molar-refractivity contribution in [2.24, 2.45) is 4.99 Å². The Morgan fingerprint density at radius 1 is 1.10 bits per heavy atom. The van der Waals surface area contributed by atoms with E-state index in [-0.39, 0.29) is 18.1 Å². The van der Waals surface area contributed by atoms with Gasteiger partial charge in [-0.15, -0.1) is 0 Å². The Balaban J connectivity index is 1.66. The maximum absolute atomic E-state index is 13.5. The number of nitrogens with zero attached hydrogens (tertiary/aromatic N) is 2. The number of unbranched alkanes of at least 4 members (excludes halogenated alkanes) is 4. The molecule has 3 rings (SSSR count). The third-order valence-corrected chi connectivity index (χ3v) is 7.96. The van der Waals surface area contributed by atoms with Crippen LogP contribution in [0.25, 0.3) is 0 Å². The number of alkyl carbamates (subject to hydrolysis) is 1. The lowest BCUT2D eigenvalue weighted by Gasteiger charge is -2.46. The van der Waals surface area contributed by atoms with Gasteiger partial charge in [0.15, 0.2) is 5.72 Å². The number of guanidine groups is 1. The van der Waals surface area contributed by atoms with Gasteiger partial charge >= 0.3 is 12.1 Å². The molecule has 0 unspecified atom stereocenters. The molecule has 0 aromatic carbocycles. The standard InChI is InChI=1S/C32H54N4O5/c1-7-9-11-12-14-20-32(39-6)23-24-18-19-26-27(25(17-13-10-8-2)34-29(35-32)36(24)26)28(37)40-22-16-15-21-33-30(38)41-31(3,4)5/h11-12,24,26H,7-10,13-23H2,1-6H3,(H,33,38)(H,34,35)/b12-11-/t24-,26+,32-/m1/s1. The molecule has 3 aliphatic heterocycles. The van der Waals surface area contributed by atoms with Crippen molar-refractivity contribution in [2.75, 3.05) is 20.3 Å². The Labute approximate surface area is 247 Å². The zero-order valence-corrected chi connectivity index (χ0v) is 26.4. The zero-order chi connectivity index (χ0) is 29.9. The summed E-state index contributed by atoms with van der Waals surface area (Å²) in [5, 5.41) is 6.34. The summed E-state index contributed by atoms with van der Waals surface area (Å²) in [5.74, 6) is 0.609. The molecule has 1 amide bonds. The predicted molar refractivity (Wildman–Crippen MR) is 162 cm³/mol. The fraction of sp³-hybridized carbons (Fsp3) is 0.781. The van der Waals surface area contributed by atoms with Crippen LogP contribution in [0.2, 0.25) is 0 Å². The highest BCUT2D eigenvalue weighted by atomic mass is 16.6. The number of ether oxygens (including phenoxy) is 3. The van der Waals surface area contributed by atoms with Gasteiger partial charge in [-0.2, -0.15) is 0 Å². The fourth-order valence-corrected chi connectivity index (χ4v) is 5.93. The van der Waals surface area contributed by atoms with Crippen LogP contribution in [-0.4, -0.2) is 66.6 Å². The maximum Gasteiger partial charge on any atom is 0.407 e. The minimum absolute atomic E-state index is 0.0164. The second kappa shape index (κ2) is 15.6. The largest absolute Gasteiger partial charge is 0.462 e. The Morgan fingerprint density at radius 2 is 1.88 bits per heavy atom. The van der Waals surface area contributed by atoms with Crippen molar-refractivity contribution in [3.05, 3.63) is 23.4 Å². The van der Waals surface area contributed by atoms with E-state index in [4.69, 9.17) is 19.2 Å². The number of carbonyl (C=O) groups excluding carboxylic acids is 2. The first-order valence-corrected chi connectivity index (χ1v) is 15.9. The van der Waals surface area contributed by atoms with Gasteiger partial charge in [0.25, 0.3) is 0 Å². The number of carbonyl (C=O) groups is 2. The predicted octanol–water partition coefficient (Wildman–Crippen LogP) is 6.34. The van der Waals surface area contributed by atoms with E-state index >= 15 is 0 Å². The SMILES string of the molecule is CCC/C=C\CC[C@@]1(OC)C[C@H]2CC[C@H]3C(C(=O)OCCCCNC(=O)OC(C)(C)C)=C(CCCCC)NC(=N1)N23. The van der Waals surface area contributed by atoms with Crippen LogP contribution in [0.15, 0.2) is 28.4 Å². The van der Waals surface area contributed by atoms with Gasteiger partial charge in [0, 0.05) is 38.2 Å². The molecule has 0 aromatic rings. The molecule has 9 heteroatoms. The van der Waals surface area contributed by atoms with Gasteiger partial charge < -0.3 is 29.7 Å². The number of esters is 1. The van der Waals surface area contributed by atoms with Gasteiger partial charge in [0.2, 0.25) is 5.96 Å². The van der Waals surface area contributed by atoms with Gasteiger partial charge in [-0.25, -0.2) is 14.6 Å². The average molecular weight is 575 g/mol. The molecule has 9 nitrogen and oxygen atoms in total. The number of hydrogen-bond acceptors (Lipinski definition) is 8. The normalized spacial score (nSPS) is 23.8. The Kier molecular flexibility index (Phi) is 12.6. The molecule has 0 radical (unpaired) electrons. The highest BCUT2D eigenvalue weighted by molar-refractivity contribution is 5.96. The number of nitrogens with one attached hydrogen (secondary N) is 2. The second-order valence-corrected chi connectivity index (χ2v) is 12.5. The molecule has 1 saturated heterocycles. The van der Waals surface area contributed by atoms with Crippen LogP contribution in [0.5, 0.6) is 0 Å². The Morgan fingerprint density at radius 3 is 2.59 bits per heavy atom. The minimum atomic E-state index is -0.547. The van der Waals surface area contributed by atoms with Crippen LogP contribution in [0.3, 0.4) is 0 Å². The first-order valence-electron chi connectivity index (χ1n) is 15.9. The molecule has 41 heavy (non-hydrogen) atoms. The number of aliphatic imine (C=N–C) groups is 1. The number of rotatable bonds is 16. The summed E-state index contributed by atoms with van der Waals surface area (Å²) in [7, 11) is 1.77. The smallest absolute Gasteiger partial charge is 0.407 e. The highest BCUT2D eigenvalue weighted by Crippen LogP contribution is 2.43. The highest BCUT2D eigenvalue weighted by Gasteiger charge is 2.51. The number of hydrogen-bond donors (Lipinski definition) is 2. The minimum Gasteiger partial charge on any atom is -0.462 e. The van der Waals surface area contributed by atoms with Gasteiger partial charge in [-0.3, -0.25) is 0 Å². The number of amides is 1. The first kappa shape index (κ1) is 33.0. The lowest BCUT2D eigenvalue weighted by Crippen LogP contribution is -2.59. The van der Waals surface area contributed by atoms with E-state index < -0.39 is 17.4 Å². The third kappa shape index (κ3) is 9.48. The molecule has 0 spiro atoms. The topological polar surface area (TPSA) is 101 Å². The van der Waals surface area contributed by atoms with Crippen molar-refractivity contribution < 1.29 is 23.8 Å². The Hall–Kier alpha value is -2.55. The summed E-state index contributed by atoms with van der Waals surface area (Å²) in [4.78, 5) is 32.8. The quantitative estimate of drug-likeness (QED) is 0.126. The van der Waals surface area contributed by atoms with Crippen molar-refractivity contribution in [2.45, 2.75) is 141 Å². The summed E-state index contributed by atoms with van der Waals surface area (Å²) in [5.41, 5.74) is 0.645. The second-order valence-electron chi connectivity index (χ2n) is 12.5. The summed E-state index contributed by atoms with van der Waals surface area (Å²) < 4.78 is 17.2. The van der Waals surface area contributed by atoms with Gasteiger partial charge in [0.05, 0.1) is 18.2 Å². The zero-order valence-electron chi connectivity index (χ0n) is 26.4. The molecule has 3 atom stereocenters. The van der Waals surface area contributed by atoms with E-state index in [0.717, 1.165) is 87.9 Å². The number of methoxy groups -OCH3 is 1. The molecule has 1 fully saturated rings. The molecule has 0 aliphatic carbocycles. The van der Waals surface area contributed by atoms with Crippen molar-refractivity contribution in [3.63, 3.8) is 0 Å². The van der Waals surface area contributed by atoms with E-state index in [1.165, 1.54) is 0 Å². The molecule has 3 aliphatic rings. The van der Waals surface area contributed by atoms with Crippen LogP contribution in [-0.2, 0) is 19.0 Å². The molecular formula is C32H54N4O5. The monoisotopic (exact) mass is 574 g/mol. The van der Waals surface area contributed by atoms with E-state index in [9.17, 15) is 9.59 Å². The van der Waals surface area contributed by atoms with Gasteiger partial charge in [0.1, 0.15) is 5.60 Å². The van der Waals surface area contributed by atoms with Crippen LogP contribution in [0, 0.1) is 0 Å². The van der Waals surface area contributed by atoms with E-state index in [1.807, 2.05) is 20.8 Å². The molecule has 0 saturated carbocycles. The van der Waals surface area contributed by atoms with Crippen LogP contribution in [0.1, 0.15) is 118 Å².